The third-order valence-electron chi connectivity index (χ3n) is 4.34. The lowest BCUT2D eigenvalue weighted by molar-refractivity contribution is -0.115. The van der Waals surface area contributed by atoms with Crippen LogP contribution in [0.2, 0.25) is 0 Å². The Hall–Kier alpha value is -3.41. The highest BCUT2D eigenvalue weighted by Crippen LogP contribution is 2.24. The van der Waals surface area contributed by atoms with Gasteiger partial charge in [0.15, 0.2) is 5.58 Å². The lowest BCUT2D eigenvalue weighted by Crippen LogP contribution is -2.16. The van der Waals surface area contributed by atoms with Crippen molar-refractivity contribution in [1.29, 1.82) is 0 Å². The van der Waals surface area contributed by atoms with Crippen LogP contribution in [0.3, 0.4) is 0 Å². The molecule has 130 valence electrons. The number of hydrogen-bond acceptors (Lipinski definition) is 4. The molecular weight excluding hydrogens is 328 g/mol. The Morgan fingerprint density at radius 1 is 1.08 bits per heavy atom. The van der Waals surface area contributed by atoms with Gasteiger partial charge in [0.2, 0.25) is 5.91 Å². The maximum Gasteiger partial charge on any atom is 0.230 e. The molecule has 0 unspecified atom stereocenters. The summed E-state index contributed by atoms with van der Waals surface area (Å²) in [6, 6.07) is 17.3. The van der Waals surface area contributed by atoms with Crippen LogP contribution >= 0.6 is 0 Å². The topological polar surface area (TPSA) is 73.0 Å². The van der Waals surface area contributed by atoms with E-state index in [0.717, 1.165) is 28.1 Å². The van der Waals surface area contributed by atoms with Crippen molar-refractivity contribution >= 4 is 22.6 Å². The fraction of sp³-hybridized carbons (Fsp3) is 0.150. The minimum atomic E-state index is -0.150. The Labute approximate surface area is 150 Å². The van der Waals surface area contributed by atoms with Gasteiger partial charge in [-0.05, 0) is 38.1 Å². The van der Waals surface area contributed by atoms with Gasteiger partial charge >= 0.3 is 0 Å². The fourth-order valence-electron chi connectivity index (χ4n) is 3.05. The molecule has 4 aromatic rings. The summed E-state index contributed by atoms with van der Waals surface area (Å²) >= 11 is 0. The van der Waals surface area contributed by atoms with Gasteiger partial charge in [-0.1, -0.05) is 35.5 Å². The second kappa shape index (κ2) is 6.48. The second-order valence-electron chi connectivity index (χ2n) is 6.14. The SMILES string of the molecule is Cc1nn(-c2ccccc2)c(C)c1NC(=O)Cc1noc2ccccc12. The molecule has 1 amide bonds. The molecule has 0 saturated heterocycles. The number of aromatic nitrogens is 3. The van der Waals surface area contributed by atoms with Crippen LogP contribution in [0.5, 0.6) is 0 Å². The van der Waals surface area contributed by atoms with E-state index in [0.29, 0.717) is 11.3 Å². The summed E-state index contributed by atoms with van der Waals surface area (Å²) in [5.74, 6) is -0.150. The van der Waals surface area contributed by atoms with Gasteiger partial charge in [0.1, 0.15) is 5.69 Å². The zero-order valence-corrected chi connectivity index (χ0v) is 14.6. The Balaban J connectivity index is 1.57. The van der Waals surface area contributed by atoms with Crippen molar-refractivity contribution in [3.05, 3.63) is 71.7 Å². The Bertz CT molecular complexity index is 1080. The molecule has 0 aliphatic carbocycles. The summed E-state index contributed by atoms with van der Waals surface area (Å²) in [6.07, 6.45) is 0.145. The summed E-state index contributed by atoms with van der Waals surface area (Å²) in [7, 11) is 0. The maximum atomic E-state index is 12.5. The number of hydrogen-bond donors (Lipinski definition) is 1. The minimum Gasteiger partial charge on any atom is -0.356 e. The molecule has 0 spiro atoms. The molecule has 0 aliphatic rings. The first kappa shape index (κ1) is 16.1. The zero-order valence-electron chi connectivity index (χ0n) is 14.6. The largest absolute Gasteiger partial charge is 0.356 e. The molecule has 1 N–H and O–H groups in total. The summed E-state index contributed by atoms with van der Waals surface area (Å²) < 4.78 is 7.09. The highest BCUT2D eigenvalue weighted by molar-refractivity contribution is 5.95. The molecule has 0 atom stereocenters. The van der Waals surface area contributed by atoms with Gasteiger partial charge in [-0.25, -0.2) is 4.68 Å². The van der Waals surface area contributed by atoms with E-state index in [-0.39, 0.29) is 12.3 Å². The predicted octanol–water partition coefficient (Wildman–Crippen LogP) is 3.81. The maximum absolute atomic E-state index is 12.5. The van der Waals surface area contributed by atoms with Crippen LogP contribution < -0.4 is 5.32 Å². The highest BCUT2D eigenvalue weighted by Gasteiger charge is 2.17. The summed E-state index contributed by atoms with van der Waals surface area (Å²) in [4.78, 5) is 12.5. The molecule has 0 fully saturated rings. The highest BCUT2D eigenvalue weighted by atomic mass is 16.5. The molecule has 26 heavy (non-hydrogen) atoms. The quantitative estimate of drug-likeness (QED) is 0.610. The van der Waals surface area contributed by atoms with E-state index in [9.17, 15) is 4.79 Å². The number of nitrogens with one attached hydrogen (secondary N) is 1. The van der Waals surface area contributed by atoms with Crippen molar-refractivity contribution in [3.63, 3.8) is 0 Å². The van der Waals surface area contributed by atoms with Gasteiger partial charge in [-0.15, -0.1) is 0 Å². The van der Waals surface area contributed by atoms with E-state index in [1.54, 1.807) is 0 Å². The summed E-state index contributed by atoms with van der Waals surface area (Å²) in [5, 5.41) is 12.4. The lowest BCUT2D eigenvalue weighted by atomic mass is 10.1. The van der Waals surface area contributed by atoms with Gasteiger partial charge in [0, 0.05) is 5.39 Å². The van der Waals surface area contributed by atoms with E-state index in [4.69, 9.17) is 4.52 Å². The first-order valence-corrected chi connectivity index (χ1v) is 8.38. The molecule has 0 radical (unpaired) electrons. The van der Waals surface area contributed by atoms with Crippen LogP contribution in [0.25, 0.3) is 16.7 Å². The third kappa shape index (κ3) is 2.86. The average molecular weight is 346 g/mol. The number of fused-ring (bicyclic) bond motifs is 1. The van der Waals surface area contributed by atoms with Crippen molar-refractivity contribution in [1.82, 2.24) is 14.9 Å². The normalized spacial score (nSPS) is 11.0. The van der Waals surface area contributed by atoms with E-state index < -0.39 is 0 Å². The van der Waals surface area contributed by atoms with Crippen LogP contribution in [-0.2, 0) is 11.2 Å². The number of para-hydroxylation sites is 2. The minimum absolute atomic E-state index is 0.145. The molecule has 0 saturated carbocycles. The molecule has 0 aliphatic heterocycles. The first-order valence-electron chi connectivity index (χ1n) is 8.38. The smallest absolute Gasteiger partial charge is 0.230 e. The van der Waals surface area contributed by atoms with Crippen molar-refractivity contribution in [2.24, 2.45) is 0 Å². The van der Waals surface area contributed by atoms with Crippen molar-refractivity contribution in [2.45, 2.75) is 20.3 Å². The number of carbonyl (C=O) groups is 1. The molecule has 0 bridgehead atoms. The number of benzene rings is 2. The van der Waals surface area contributed by atoms with Crippen LogP contribution in [0.1, 0.15) is 17.1 Å². The molecular formula is C20H18N4O2. The third-order valence-corrected chi connectivity index (χ3v) is 4.34. The van der Waals surface area contributed by atoms with Crippen LogP contribution in [0, 0.1) is 13.8 Å². The first-order chi connectivity index (χ1) is 12.6. The van der Waals surface area contributed by atoms with Crippen molar-refractivity contribution in [3.8, 4) is 5.69 Å². The monoisotopic (exact) mass is 346 g/mol. The molecule has 6 nitrogen and oxygen atoms in total. The van der Waals surface area contributed by atoms with Crippen molar-refractivity contribution in [2.75, 3.05) is 5.32 Å². The Morgan fingerprint density at radius 3 is 2.62 bits per heavy atom. The number of carbonyl (C=O) groups excluding carboxylic acids is 1. The Morgan fingerprint density at radius 2 is 1.81 bits per heavy atom. The van der Waals surface area contributed by atoms with Crippen LogP contribution in [-0.4, -0.2) is 20.8 Å². The van der Waals surface area contributed by atoms with E-state index in [1.165, 1.54) is 0 Å². The average Bonchev–Trinajstić information content (AvgIpc) is 3.19. The molecule has 2 aromatic carbocycles. The van der Waals surface area contributed by atoms with E-state index in [2.05, 4.69) is 15.6 Å². The Kier molecular flexibility index (Phi) is 4.01. The number of rotatable bonds is 4. The number of amides is 1. The van der Waals surface area contributed by atoms with Crippen molar-refractivity contribution < 1.29 is 9.32 Å². The lowest BCUT2D eigenvalue weighted by Gasteiger charge is -2.06. The van der Waals surface area contributed by atoms with Gasteiger partial charge in [-0.2, -0.15) is 5.10 Å². The molecule has 4 rings (SSSR count). The molecule has 2 aromatic heterocycles. The second-order valence-corrected chi connectivity index (χ2v) is 6.14. The molecule has 6 heteroatoms. The predicted molar refractivity (Wildman–Crippen MR) is 99.4 cm³/mol. The van der Waals surface area contributed by atoms with E-state index >= 15 is 0 Å². The summed E-state index contributed by atoms with van der Waals surface area (Å²) in [6.45, 7) is 3.82. The fourth-order valence-corrected chi connectivity index (χ4v) is 3.05. The van der Waals surface area contributed by atoms with Crippen LogP contribution in [0.15, 0.2) is 59.1 Å². The number of nitrogens with zero attached hydrogens (tertiary/aromatic N) is 3. The summed E-state index contributed by atoms with van der Waals surface area (Å²) in [5.41, 5.74) is 4.64. The van der Waals surface area contributed by atoms with E-state index in [1.807, 2.05) is 73.1 Å². The number of aryl methyl sites for hydroxylation is 1. The van der Waals surface area contributed by atoms with Crippen LogP contribution in [0.4, 0.5) is 5.69 Å². The number of anilines is 1. The van der Waals surface area contributed by atoms with Gasteiger partial charge in [0.25, 0.3) is 0 Å². The zero-order chi connectivity index (χ0) is 18.1. The van der Waals surface area contributed by atoms with Gasteiger partial charge in [0.05, 0.1) is 29.2 Å². The standard InChI is InChI=1S/C20H18N4O2/c1-13-20(14(2)24(22-13)15-8-4-3-5-9-15)21-19(25)12-17-16-10-6-7-11-18(16)26-23-17/h3-11H,12H2,1-2H3,(H,21,25). The van der Waals surface area contributed by atoms with Gasteiger partial charge < -0.3 is 9.84 Å². The molecule has 2 heterocycles. The van der Waals surface area contributed by atoms with Gasteiger partial charge in [-0.3, -0.25) is 4.79 Å².